The highest BCUT2D eigenvalue weighted by Crippen LogP contribution is 2.30. The molecule has 26 heavy (non-hydrogen) atoms. The maximum absolute atomic E-state index is 12.5. The van der Waals surface area contributed by atoms with Gasteiger partial charge in [-0.2, -0.15) is 0 Å². The second kappa shape index (κ2) is 8.59. The van der Waals surface area contributed by atoms with Crippen molar-refractivity contribution in [3.05, 3.63) is 39.4 Å². The van der Waals surface area contributed by atoms with E-state index in [9.17, 15) is 24.8 Å². The van der Waals surface area contributed by atoms with Crippen LogP contribution in [0.25, 0.3) is 0 Å². The fourth-order valence-electron chi connectivity index (χ4n) is 2.45. The third-order valence-electron chi connectivity index (χ3n) is 3.67. The van der Waals surface area contributed by atoms with Gasteiger partial charge in [0.25, 0.3) is 16.9 Å². The van der Waals surface area contributed by atoms with E-state index < -0.39 is 29.6 Å². The second-order valence-corrected chi connectivity index (χ2v) is 6.03. The van der Waals surface area contributed by atoms with Crippen LogP contribution in [-0.4, -0.2) is 65.4 Å². The molecule has 10 heteroatoms. The summed E-state index contributed by atoms with van der Waals surface area (Å²) in [5, 5.41) is 22.2. The van der Waals surface area contributed by atoms with Gasteiger partial charge in [0.2, 0.25) is 0 Å². The number of nitrogens with one attached hydrogen (secondary N) is 1. The third-order valence-corrected chi connectivity index (χ3v) is 3.67. The average Bonchev–Trinajstić information content (AvgIpc) is 2.83. The van der Waals surface area contributed by atoms with E-state index in [1.807, 2.05) is 13.8 Å². The summed E-state index contributed by atoms with van der Waals surface area (Å²) in [6, 6.07) is 4.78. The number of aliphatic hydroxyl groups is 1. The monoisotopic (exact) mass is 367 g/mol. The van der Waals surface area contributed by atoms with Crippen LogP contribution in [0.4, 0.5) is 0 Å². The van der Waals surface area contributed by atoms with Crippen molar-refractivity contribution in [3.63, 3.8) is 0 Å². The molecule has 0 spiro atoms. The maximum atomic E-state index is 12.5. The van der Waals surface area contributed by atoms with Crippen LogP contribution < -0.4 is 10.1 Å². The predicted octanol–water partition coefficient (Wildman–Crippen LogP) is 0.229. The first-order chi connectivity index (χ1) is 12.3. The van der Waals surface area contributed by atoms with Gasteiger partial charge in [0, 0.05) is 12.6 Å². The molecule has 1 unspecified atom stereocenters. The normalized spacial score (nSPS) is 14.5. The van der Waals surface area contributed by atoms with E-state index in [-0.39, 0.29) is 36.1 Å². The minimum Gasteiger partial charge on any atom is -0.490 e. The maximum Gasteiger partial charge on any atom is 0.294 e. The molecule has 2 rings (SSSR count). The molecular formula is C16H21N3O7. The van der Waals surface area contributed by atoms with Crippen LogP contribution in [0.15, 0.2) is 18.2 Å². The van der Waals surface area contributed by atoms with Gasteiger partial charge in [0.1, 0.15) is 25.1 Å². The summed E-state index contributed by atoms with van der Waals surface area (Å²) in [5.41, 5.74) is 0.242. The number of aliphatic hydroxyl groups excluding tert-OH is 1. The van der Waals surface area contributed by atoms with Crippen molar-refractivity contribution in [1.82, 2.24) is 10.2 Å². The first-order valence-corrected chi connectivity index (χ1v) is 8.12. The van der Waals surface area contributed by atoms with Crippen LogP contribution in [0.2, 0.25) is 0 Å². The molecule has 1 aromatic rings. The number of benzene rings is 1. The number of ether oxygens (including phenoxy) is 1. The van der Waals surface area contributed by atoms with Crippen LogP contribution in [0.5, 0.6) is 5.75 Å². The van der Waals surface area contributed by atoms with Crippen LogP contribution >= 0.6 is 0 Å². The molecule has 1 aliphatic rings. The Morgan fingerprint density at radius 1 is 1.31 bits per heavy atom. The van der Waals surface area contributed by atoms with E-state index in [2.05, 4.69) is 10.2 Å². The number of nitrogens with zero attached hydrogens (tertiary/aromatic N) is 2. The van der Waals surface area contributed by atoms with Crippen molar-refractivity contribution in [1.29, 1.82) is 0 Å². The molecule has 2 N–H and O–H groups in total. The van der Waals surface area contributed by atoms with Crippen molar-refractivity contribution in [2.24, 2.45) is 0 Å². The number of hydrogen-bond donors (Lipinski definition) is 2. The molecule has 1 aromatic carbocycles. The van der Waals surface area contributed by atoms with E-state index in [4.69, 9.17) is 4.74 Å². The summed E-state index contributed by atoms with van der Waals surface area (Å²) in [6.45, 7) is 3.51. The summed E-state index contributed by atoms with van der Waals surface area (Å²) >= 11 is 0. The van der Waals surface area contributed by atoms with Gasteiger partial charge in [0.05, 0.1) is 17.7 Å². The van der Waals surface area contributed by atoms with E-state index >= 15 is 0 Å². The molecule has 0 aromatic heterocycles. The van der Waals surface area contributed by atoms with Gasteiger partial charge < -0.3 is 20.0 Å². The molecule has 142 valence electrons. The zero-order chi connectivity index (χ0) is 19.3. The van der Waals surface area contributed by atoms with Crippen LogP contribution in [0.1, 0.15) is 34.6 Å². The number of carbonyl (C=O) groups excluding carboxylic acids is 2. The highest BCUT2D eigenvalue weighted by molar-refractivity contribution is 6.22. The zero-order valence-electron chi connectivity index (χ0n) is 14.5. The summed E-state index contributed by atoms with van der Waals surface area (Å²) in [4.78, 5) is 40.0. The van der Waals surface area contributed by atoms with Crippen molar-refractivity contribution < 1.29 is 29.4 Å². The number of rotatable bonds is 10. The first kappa shape index (κ1) is 19.6. The fourth-order valence-corrected chi connectivity index (χ4v) is 2.45. The van der Waals surface area contributed by atoms with Crippen molar-refractivity contribution >= 4 is 11.8 Å². The first-order valence-electron chi connectivity index (χ1n) is 8.12. The molecule has 1 heterocycles. The summed E-state index contributed by atoms with van der Waals surface area (Å²) in [6.07, 6.45) is -0.787. The smallest absolute Gasteiger partial charge is 0.294 e. The number of fused-ring (bicyclic) bond motifs is 1. The van der Waals surface area contributed by atoms with Gasteiger partial charge in [-0.3, -0.25) is 14.5 Å². The topological polar surface area (TPSA) is 131 Å². The van der Waals surface area contributed by atoms with Gasteiger partial charge in [-0.25, -0.2) is 0 Å². The molecule has 0 radical (unpaired) electrons. The van der Waals surface area contributed by atoms with Gasteiger partial charge in [-0.1, -0.05) is 19.9 Å². The molecule has 0 aliphatic carbocycles. The number of imide groups is 1. The largest absolute Gasteiger partial charge is 0.490 e. The van der Waals surface area contributed by atoms with Crippen molar-refractivity contribution in [3.8, 4) is 5.75 Å². The lowest BCUT2D eigenvalue weighted by molar-refractivity contribution is -0.757. The lowest BCUT2D eigenvalue weighted by Crippen LogP contribution is -2.35. The van der Waals surface area contributed by atoms with E-state index in [1.54, 1.807) is 6.07 Å². The Bertz CT molecular complexity index is 692. The fraction of sp³-hybridized carbons (Fsp3) is 0.500. The standard InChI is InChI=1S/C16H21N3O7/c1-10(2)17-8-11(20)9-25-13-5-3-4-12-14(13)16(22)18(15(12)21)6-7-26-19(23)24/h3-5,10-11,17,20H,6-9H2,1-2H3. The van der Waals surface area contributed by atoms with Crippen molar-refractivity contribution in [2.75, 3.05) is 26.3 Å². The lowest BCUT2D eigenvalue weighted by atomic mass is 10.1. The molecule has 10 nitrogen and oxygen atoms in total. The Balaban J connectivity index is 2.05. The molecular weight excluding hydrogens is 346 g/mol. The zero-order valence-corrected chi connectivity index (χ0v) is 14.5. The quantitative estimate of drug-likeness (QED) is 0.341. The highest BCUT2D eigenvalue weighted by atomic mass is 16.9. The second-order valence-electron chi connectivity index (χ2n) is 6.03. The van der Waals surface area contributed by atoms with Gasteiger partial charge in [-0.15, -0.1) is 10.1 Å². The Labute approximate surface area is 149 Å². The van der Waals surface area contributed by atoms with Crippen LogP contribution in [-0.2, 0) is 4.84 Å². The van der Waals surface area contributed by atoms with Gasteiger partial charge in [-0.05, 0) is 12.1 Å². The third kappa shape index (κ3) is 4.67. The average molecular weight is 367 g/mol. The SMILES string of the molecule is CC(C)NCC(O)COc1cccc2c1C(=O)N(CCO[N+](=O)[O-])C2=O. The Hall–Kier alpha value is -2.72. The minimum absolute atomic E-state index is 0.0535. The predicted molar refractivity (Wildman–Crippen MR) is 89.4 cm³/mol. The van der Waals surface area contributed by atoms with E-state index in [0.717, 1.165) is 4.90 Å². The summed E-state index contributed by atoms with van der Waals surface area (Å²) in [7, 11) is 0. The van der Waals surface area contributed by atoms with Gasteiger partial charge >= 0.3 is 0 Å². The lowest BCUT2D eigenvalue weighted by Gasteiger charge is -2.16. The molecule has 2 amide bonds. The van der Waals surface area contributed by atoms with E-state index in [1.165, 1.54) is 12.1 Å². The molecule has 1 atom stereocenters. The number of amides is 2. The molecule has 1 aliphatic heterocycles. The Morgan fingerprint density at radius 3 is 2.69 bits per heavy atom. The Kier molecular flexibility index (Phi) is 6.47. The molecule has 0 saturated heterocycles. The summed E-state index contributed by atoms with van der Waals surface area (Å²) < 4.78 is 5.52. The highest BCUT2D eigenvalue weighted by Gasteiger charge is 2.38. The minimum atomic E-state index is -0.987. The number of carbonyl (C=O) groups is 2. The van der Waals surface area contributed by atoms with E-state index in [0.29, 0.717) is 6.54 Å². The summed E-state index contributed by atoms with van der Waals surface area (Å²) in [5.74, 6) is -0.992. The molecule has 0 bridgehead atoms. The molecule has 0 fully saturated rings. The van der Waals surface area contributed by atoms with Gasteiger partial charge in [0.15, 0.2) is 0 Å². The van der Waals surface area contributed by atoms with Crippen LogP contribution in [0, 0.1) is 10.1 Å². The molecule has 0 saturated carbocycles. The van der Waals surface area contributed by atoms with Crippen LogP contribution in [0.3, 0.4) is 0 Å². The van der Waals surface area contributed by atoms with Crippen molar-refractivity contribution in [2.45, 2.75) is 26.0 Å². The Morgan fingerprint density at radius 2 is 2.04 bits per heavy atom. The number of hydrogen-bond acceptors (Lipinski definition) is 8.